The third-order valence-corrected chi connectivity index (χ3v) is 2.77. The minimum atomic E-state index is -1.02. The van der Waals surface area contributed by atoms with Gasteiger partial charge in [0.05, 0.1) is 14.2 Å². The number of hydrogen-bond acceptors (Lipinski definition) is 3. The number of hydrogen-bond donors (Lipinski definition) is 1. The van der Waals surface area contributed by atoms with E-state index in [9.17, 15) is 4.79 Å². The maximum atomic E-state index is 11.0. The molecule has 15 heavy (non-hydrogen) atoms. The van der Waals surface area contributed by atoms with E-state index >= 15 is 0 Å². The van der Waals surface area contributed by atoms with Crippen LogP contribution in [0.1, 0.15) is 15.9 Å². The third-order valence-electron chi connectivity index (χ3n) is 2.02. The van der Waals surface area contributed by atoms with Crippen molar-refractivity contribution in [1.29, 1.82) is 0 Å². The summed E-state index contributed by atoms with van der Waals surface area (Å²) in [6, 6.07) is 1.65. The van der Waals surface area contributed by atoms with Crippen LogP contribution in [0.3, 0.4) is 0 Å². The lowest BCUT2D eigenvalue weighted by atomic mass is 10.1. The molecule has 0 aromatic heterocycles. The maximum absolute atomic E-state index is 11.0. The Morgan fingerprint density at radius 2 is 2.00 bits per heavy atom. The van der Waals surface area contributed by atoms with Crippen LogP contribution < -0.4 is 9.47 Å². The van der Waals surface area contributed by atoms with Gasteiger partial charge in [-0.1, -0.05) is 0 Å². The number of benzene rings is 1. The van der Waals surface area contributed by atoms with E-state index in [0.29, 0.717) is 15.8 Å². The molecule has 0 bridgehead atoms. The zero-order chi connectivity index (χ0) is 11.6. The van der Waals surface area contributed by atoms with Crippen molar-refractivity contribution in [3.8, 4) is 11.5 Å². The molecule has 4 nitrogen and oxygen atoms in total. The molecule has 1 aromatic rings. The normalized spacial score (nSPS) is 9.87. The van der Waals surface area contributed by atoms with Gasteiger partial charge >= 0.3 is 5.97 Å². The summed E-state index contributed by atoms with van der Waals surface area (Å²) in [4.78, 5) is 11.0. The number of carbonyl (C=O) groups is 1. The van der Waals surface area contributed by atoms with Crippen LogP contribution in [0.25, 0.3) is 0 Å². The molecule has 0 aliphatic heterocycles. The fourth-order valence-corrected chi connectivity index (χ4v) is 1.98. The van der Waals surface area contributed by atoms with E-state index in [1.807, 2.05) is 0 Å². The topological polar surface area (TPSA) is 55.8 Å². The summed E-state index contributed by atoms with van der Waals surface area (Å²) >= 11 is 3.24. The Balaban J connectivity index is 3.53. The van der Waals surface area contributed by atoms with Gasteiger partial charge < -0.3 is 14.6 Å². The average molecular weight is 275 g/mol. The summed E-state index contributed by atoms with van der Waals surface area (Å²) in [5.74, 6) is -0.193. The Bertz CT molecular complexity index is 401. The lowest BCUT2D eigenvalue weighted by Crippen LogP contribution is -2.05. The molecule has 0 amide bonds. The highest BCUT2D eigenvalue weighted by Gasteiger charge is 2.20. The molecular formula is C10H11BrO4. The second-order valence-corrected chi connectivity index (χ2v) is 3.72. The van der Waals surface area contributed by atoms with Gasteiger partial charge in [-0.2, -0.15) is 0 Å². The van der Waals surface area contributed by atoms with E-state index < -0.39 is 5.97 Å². The minimum Gasteiger partial charge on any atom is -0.495 e. The number of rotatable bonds is 3. The largest absolute Gasteiger partial charge is 0.495 e. The van der Waals surface area contributed by atoms with E-state index in [1.165, 1.54) is 14.2 Å². The van der Waals surface area contributed by atoms with Crippen molar-refractivity contribution in [2.45, 2.75) is 6.92 Å². The zero-order valence-electron chi connectivity index (χ0n) is 8.63. The van der Waals surface area contributed by atoms with Crippen molar-refractivity contribution in [2.75, 3.05) is 14.2 Å². The molecule has 0 saturated carbocycles. The Kier molecular flexibility index (Phi) is 3.57. The second kappa shape index (κ2) is 4.53. The van der Waals surface area contributed by atoms with E-state index in [2.05, 4.69) is 15.9 Å². The zero-order valence-corrected chi connectivity index (χ0v) is 10.2. The van der Waals surface area contributed by atoms with Crippen LogP contribution in [0, 0.1) is 6.92 Å². The SMILES string of the molecule is COc1cc(C)c(C(=O)O)c(OC)c1Br. The highest BCUT2D eigenvalue weighted by molar-refractivity contribution is 9.10. The van der Waals surface area contributed by atoms with Crippen LogP contribution >= 0.6 is 15.9 Å². The van der Waals surface area contributed by atoms with Gasteiger partial charge in [-0.15, -0.1) is 0 Å². The van der Waals surface area contributed by atoms with Crippen molar-refractivity contribution < 1.29 is 19.4 Å². The van der Waals surface area contributed by atoms with Crippen LogP contribution in [0.5, 0.6) is 11.5 Å². The predicted molar refractivity (Wildman–Crippen MR) is 58.9 cm³/mol. The molecule has 0 saturated heterocycles. The standard InChI is InChI=1S/C10H11BrO4/c1-5-4-6(14-2)8(11)9(15-3)7(5)10(12)13/h4H,1-3H3,(H,12,13). The first-order valence-electron chi connectivity index (χ1n) is 4.17. The highest BCUT2D eigenvalue weighted by Crippen LogP contribution is 2.39. The quantitative estimate of drug-likeness (QED) is 0.920. The number of carboxylic acid groups (broad SMARTS) is 1. The van der Waals surface area contributed by atoms with E-state index in [4.69, 9.17) is 14.6 Å². The van der Waals surface area contributed by atoms with Gasteiger partial charge in [0.15, 0.2) is 5.75 Å². The number of ether oxygens (including phenoxy) is 2. The van der Waals surface area contributed by atoms with Crippen molar-refractivity contribution in [3.05, 3.63) is 21.7 Å². The number of methoxy groups -OCH3 is 2. The molecule has 0 atom stereocenters. The Hall–Kier alpha value is -1.23. The van der Waals surface area contributed by atoms with E-state index in [1.54, 1.807) is 13.0 Å². The molecule has 0 aliphatic rings. The molecule has 0 aliphatic carbocycles. The Labute approximate surface area is 95.9 Å². The minimum absolute atomic E-state index is 0.144. The molecule has 0 unspecified atom stereocenters. The van der Waals surface area contributed by atoms with Crippen LogP contribution in [-0.2, 0) is 0 Å². The maximum Gasteiger partial charge on any atom is 0.339 e. The smallest absolute Gasteiger partial charge is 0.339 e. The highest BCUT2D eigenvalue weighted by atomic mass is 79.9. The van der Waals surface area contributed by atoms with Gasteiger partial charge in [-0.3, -0.25) is 0 Å². The molecule has 0 spiro atoms. The lowest BCUT2D eigenvalue weighted by Gasteiger charge is -2.13. The summed E-state index contributed by atoms with van der Waals surface area (Å²) in [5, 5.41) is 9.02. The summed E-state index contributed by atoms with van der Waals surface area (Å²) in [6.07, 6.45) is 0. The summed E-state index contributed by atoms with van der Waals surface area (Å²) in [5.41, 5.74) is 0.740. The molecule has 82 valence electrons. The molecule has 5 heteroatoms. The van der Waals surface area contributed by atoms with Crippen molar-refractivity contribution in [2.24, 2.45) is 0 Å². The van der Waals surface area contributed by atoms with Crippen molar-refractivity contribution in [1.82, 2.24) is 0 Å². The summed E-state index contributed by atoms with van der Waals surface area (Å²) < 4.78 is 10.6. The third kappa shape index (κ3) is 2.07. The van der Waals surface area contributed by atoms with Crippen LogP contribution in [0.15, 0.2) is 10.5 Å². The first-order chi connectivity index (χ1) is 7.02. The van der Waals surface area contributed by atoms with Crippen LogP contribution in [0.4, 0.5) is 0 Å². The van der Waals surface area contributed by atoms with Gasteiger partial charge in [0.25, 0.3) is 0 Å². The van der Waals surface area contributed by atoms with Gasteiger partial charge in [0.1, 0.15) is 15.8 Å². The molecular weight excluding hydrogens is 264 g/mol. The van der Waals surface area contributed by atoms with E-state index in [0.717, 1.165) is 0 Å². The average Bonchev–Trinajstić information content (AvgIpc) is 2.19. The second-order valence-electron chi connectivity index (χ2n) is 2.92. The number of aryl methyl sites for hydroxylation is 1. The number of halogens is 1. The van der Waals surface area contributed by atoms with Gasteiger partial charge in [0, 0.05) is 0 Å². The lowest BCUT2D eigenvalue weighted by molar-refractivity contribution is 0.0692. The molecule has 1 aromatic carbocycles. The molecule has 0 radical (unpaired) electrons. The monoisotopic (exact) mass is 274 g/mol. The molecule has 0 heterocycles. The van der Waals surface area contributed by atoms with Crippen LogP contribution in [0.2, 0.25) is 0 Å². The van der Waals surface area contributed by atoms with E-state index in [-0.39, 0.29) is 11.3 Å². The Morgan fingerprint density at radius 3 is 2.40 bits per heavy atom. The first-order valence-corrected chi connectivity index (χ1v) is 4.96. The molecule has 0 fully saturated rings. The number of carboxylic acids is 1. The summed E-state index contributed by atoms with van der Waals surface area (Å²) in [6.45, 7) is 1.70. The van der Waals surface area contributed by atoms with Gasteiger partial charge in [-0.25, -0.2) is 4.79 Å². The van der Waals surface area contributed by atoms with Gasteiger partial charge in [0.2, 0.25) is 0 Å². The fourth-order valence-electron chi connectivity index (χ4n) is 1.34. The van der Waals surface area contributed by atoms with Crippen molar-refractivity contribution >= 4 is 21.9 Å². The first kappa shape index (κ1) is 11.8. The summed E-state index contributed by atoms with van der Waals surface area (Å²) in [7, 11) is 2.94. The number of aromatic carboxylic acids is 1. The van der Waals surface area contributed by atoms with Crippen molar-refractivity contribution in [3.63, 3.8) is 0 Å². The predicted octanol–water partition coefficient (Wildman–Crippen LogP) is 2.47. The molecule has 1 rings (SSSR count). The fraction of sp³-hybridized carbons (Fsp3) is 0.300. The Morgan fingerprint density at radius 1 is 1.40 bits per heavy atom. The van der Waals surface area contributed by atoms with Gasteiger partial charge in [-0.05, 0) is 34.5 Å². The van der Waals surface area contributed by atoms with Crippen LogP contribution in [-0.4, -0.2) is 25.3 Å². The molecule has 1 N–H and O–H groups in total.